The fraction of sp³-hybridized carbons (Fsp3) is 0.600. The van der Waals surface area contributed by atoms with Crippen molar-refractivity contribution in [1.82, 2.24) is 0 Å². The molecule has 0 saturated heterocycles. The number of halogens is 1. The van der Waals surface area contributed by atoms with Gasteiger partial charge in [-0.3, -0.25) is 0 Å². The van der Waals surface area contributed by atoms with E-state index in [4.69, 9.17) is 16.7 Å². The van der Waals surface area contributed by atoms with E-state index in [1.54, 1.807) is 13.0 Å². The Labute approximate surface area is 48.6 Å². The van der Waals surface area contributed by atoms with Crippen LogP contribution in [0, 0.1) is 0 Å². The summed E-state index contributed by atoms with van der Waals surface area (Å²) in [5, 5.41) is 8.52. The van der Waals surface area contributed by atoms with Crippen LogP contribution in [0.2, 0.25) is 0 Å². The zero-order valence-corrected chi connectivity index (χ0v) is 5.24. The summed E-state index contributed by atoms with van der Waals surface area (Å²) in [6.07, 6.45) is 1.78. The minimum Gasteiger partial charge on any atom is -0.374 e. The van der Waals surface area contributed by atoms with Gasteiger partial charge in [0.05, 0.1) is 0 Å². The Kier molecular flexibility index (Phi) is 3.05. The second-order valence-corrected chi connectivity index (χ2v) is 1.78. The van der Waals surface area contributed by atoms with Gasteiger partial charge in [-0.1, -0.05) is 17.7 Å². The fourth-order valence-corrected chi connectivity index (χ4v) is 0.264. The van der Waals surface area contributed by atoms with Crippen molar-refractivity contribution in [2.24, 2.45) is 0 Å². The fourth-order valence-electron chi connectivity index (χ4n) is 0.138. The van der Waals surface area contributed by atoms with E-state index in [0.29, 0.717) is 0 Å². The van der Waals surface area contributed by atoms with E-state index in [9.17, 15) is 0 Å². The van der Waals surface area contributed by atoms with Crippen molar-refractivity contribution < 1.29 is 5.11 Å². The van der Waals surface area contributed by atoms with Crippen molar-refractivity contribution in [3.63, 3.8) is 0 Å². The van der Waals surface area contributed by atoms with E-state index in [1.165, 1.54) is 0 Å². The third kappa shape index (κ3) is 2.66. The molecule has 1 atom stereocenters. The molecule has 0 saturated carbocycles. The Bertz CT molecular complexity index is 76.1. The van der Waals surface area contributed by atoms with Crippen LogP contribution in [0.1, 0.15) is 13.8 Å². The highest BCUT2D eigenvalue weighted by molar-refractivity contribution is 6.21. The zero-order valence-electron chi connectivity index (χ0n) is 4.48. The molecule has 1 N–H and O–H groups in total. The highest BCUT2D eigenvalue weighted by atomic mass is 35.5. The first-order chi connectivity index (χ1) is 3.18. The van der Waals surface area contributed by atoms with Crippen LogP contribution in [0.15, 0.2) is 11.6 Å². The monoisotopic (exact) mass is 120 g/mol. The van der Waals surface area contributed by atoms with Crippen molar-refractivity contribution in [1.29, 1.82) is 0 Å². The highest BCUT2D eigenvalue weighted by Crippen LogP contribution is 2.02. The first-order valence-corrected chi connectivity index (χ1v) is 2.57. The number of hydrogen-bond donors (Lipinski definition) is 1. The molecule has 0 aliphatic heterocycles. The topological polar surface area (TPSA) is 20.2 Å². The molecule has 0 aromatic carbocycles. The number of rotatable bonds is 1. The summed E-state index contributed by atoms with van der Waals surface area (Å²) in [7, 11) is 0. The van der Waals surface area contributed by atoms with E-state index in [0.717, 1.165) is 5.57 Å². The van der Waals surface area contributed by atoms with E-state index in [1.807, 2.05) is 6.92 Å². The molecule has 1 unspecified atom stereocenters. The molecule has 0 rings (SSSR count). The molecule has 2 heteroatoms. The van der Waals surface area contributed by atoms with Crippen LogP contribution < -0.4 is 0 Å². The standard InChI is InChI=1S/C5H9ClO/c1-3-4(2)5(6)7/h3,5,7H,1-2H3/b4-3-. The van der Waals surface area contributed by atoms with Crippen LogP contribution in [0.5, 0.6) is 0 Å². The number of aliphatic hydroxyl groups excluding tert-OH is 1. The Balaban J connectivity index is 3.56. The lowest BCUT2D eigenvalue weighted by Crippen LogP contribution is -1.95. The third-order valence-electron chi connectivity index (χ3n) is 0.831. The molecule has 0 aliphatic carbocycles. The van der Waals surface area contributed by atoms with E-state index in [2.05, 4.69) is 0 Å². The molecule has 0 heterocycles. The summed E-state index contributed by atoms with van der Waals surface area (Å²) < 4.78 is 0. The van der Waals surface area contributed by atoms with E-state index >= 15 is 0 Å². The van der Waals surface area contributed by atoms with Gasteiger partial charge in [-0.05, 0) is 19.4 Å². The van der Waals surface area contributed by atoms with Gasteiger partial charge < -0.3 is 5.11 Å². The quantitative estimate of drug-likeness (QED) is 0.411. The Morgan fingerprint density at radius 1 is 1.86 bits per heavy atom. The molecule has 0 aromatic rings. The van der Waals surface area contributed by atoms with Crippen LogP contribution in [-0.2, 0) is 0 Å². The minimum atomic E-state index is -0.801. The maximum atomic E-state index is 8.52. The lowest BCUT2D eigenvalue weighted by Gasteiger charge is -1.97. The summed E-state index contributed by atoms with van der Waals surface area (Å²) >= 11 is 5.22. The molecule has 0 bridgehead atoms. The predicted octanol–water partition coefficient (Wildman–Crippen LogP) is 1.51. The minimum absolute atomic E-state index is 0.793. The van der Waals surface area contributed by atoms with Crippen LogP contribution >= 0.6 is 11.6 Å². The number of hydrogen-bond acceptors (Lipinski definition) is 1. The second kappa shape index (κ2) is 3.05. The summed E-state index contributed by atoms with van der Waals surface area (Å²) in [5.74, 6) is 0. The summed E-state index contributed by atoms with van der Waals surface area (Å²) in [5.41, 5.74) is -0.00772. The van der Waals surface area contributed by atoms with Gasteiger partial charge in [0, 0.05) is 0 Å². The van der Waals surface area contributed by atoms with E-state index in [-0.39, 0.29) is 0 Å². The molecule has 0 amide bonds. The van der Waals surface area contributed by atoms with Crippen molar-refractivity contribution in [2.45, 2.75) is 19.4 Å². The predicted molar refractivity (Wildman–Crippen MR) is 31.3 cm³/mol. The maximum absolute atomic E-state index is 8.52. The second-order valence-electron chi connectivity index (χ2n) is 1.37. The molecule has 42 valence electrons. The Morgan fingerprint density at radius 2 is 2.29 bits per heavy atom. The van der Waals surface area contributed by atoms with Crippen LogP contribution in [-0.4, -0.2) is 10.7 Å². The molecule has 7 heavy (non-hydrogen) atoms. The maximum Gasteiger partial charge on any atom is 0.149 e. The lowest BCUT2D eigenvalue weighted by atomic mass is 10.3. The van der Waals surface area contributed by atoms with Gasteiger partial charge in [-0.2, -0.15) is 0 Å². The molecule has 0 radical (unpaired) electrons. The van der Waals surface area contributed by atoms with Crippen molar-refractivity contribution in [3.05, 3.63) is 11.6 Å². The molecule has 0 fully saturated rings. The van der Waals surface area contributed by atoms with Crippen LogP contribution in [0.25, 0.3) is 0 Å². The smallest absolute Gasteiger partial charge is 0.149 e. The van der Waals surface area contributed by atoms with Crippen molar-refractivity contribution in [2.75, 3.05) is 0 Å². The summed E-state index contributed by atoms with van der Waals surface area (Å²) in [6, 6.07) is 0. The third-order valence-corrected chi connectivity index (χ3v) is 1.18. The summed E-state index contributed by atoms with van der Waals surface area (Å²) in [4.78, 5) is 0. The molecule has 0 aromatic heterocycles. The number of alkyl halides is 1. The van der Waals surface area contributed by atoms with Gasteiger partial charge in [0.15, 0.2) is 0 Å². The van der Waals surface area contributed by atoms with Gasteiger partial charge in [0.25, 0.3) is 0 Å². The van der Waals surface area contributed by atoms with Crippen LogP contribution in [0.3, 0.4) is 0 Å². The number of allylic oxidation sites excluding steroid dienone is 1. The highest BCUT2D eigenvalue weighted by Gasteiger charge is 1.95. The van der Waals surface area contributed by atoms with Gasteiger partial charge in [-0.25, -0.2) is 0 Å². The molecule has 0 aliphatic rings. The van der Waals surface area contributed by atoms with Gasteiger partial charge in [0.2, 0.25) is 0 Å². The van der Waals surface area contributed by atoms with Crippen molar-refractivity contribution in [3.8, 4) is 0 Å². The molecular weight excluding hydrogens is 112 g/mol. The molecular formula is C5H9ClO. The average Bonchev–Trinajstić information content (AvgIpc) is 1.65. The van der Waals surface area contributed by atoms with Gasteiger partial charge in [-0.15, -0.1) is 0 Å². The van der Waals surface area contributed by atoms with Crippen LogP contribution in [0.4, 0.5) is 0 Å². The lowest BCUT2D eigenvalue weighted by molar-refractivity contribution is 0.291. The first-order valence-electron chi connectivity index (χ1n) is 2.13. The molecule has 1 nitrogen and oxygen atoms in total. The molecule has 0 spiro atoms. The van der Waals surface area contributed by atoms with Gasteiger partial charge >= 0.3 is 0 Å². The SMILES string of the molecule is C/C=C(/C)C(O)Cl. The largest absolute Gasteiger partial charge is 0.374 e. The number of aliphatic hydroxyl groups is 1. The Morgan fingerprint density at radius 3 is 2.29 bits per heavy atom. The van der Waals surface area contributed by atoms with Crippen molar-refractivity contribution >= 4 is 11.6 Å². The van der Waals surface area contributed by atoms with Gasteiger partial charge in [0.1, 0.15) is 5.56 Å². The average molecular weight is 121 g/mol. The normalized spacial score (nSPS) is 16.9. The Hall–Kier alpha value is -0.0100. The first kappa shape index (κ1) is 6.99. The zero-order chi connectivity index (χ0) is 5.86. The summed E-state index contributed by atoms with van der Waals surface area (Å²) in [6.45, 7) is 3.61. The van der Waals surface area contributed by atoms with E-state index < -0.39 is 5.56 Å².